The highest BCUT2D eigenvalue weighted by molar-refractivity contribution is 6.35. The van der Waals surface area contributed by atoms with Crippen LogP contribution in [0.1, 0.15) is 11.1 Å². The molecular formula is C17H12ClN3. The highest BCUT2D eigenvalue weighted by Crippen LogP contribution is 2.28. The maximum atomic E-state index is 8.93. The Kier molecular flexibility index (Phi) is 3.72. The molecule has 3 rings (SSSR count). The summed E-state index contributed by atoms with van der Waals surface area (Å²) in [5.74, 6) is 0. The molecule has 1 aromatic heterocycles. The van der Waals surface area contributed by atoms with E-state index in [9.17, 15) is 0 Å². The number of rotatable bonds is 3. The van der Waals surface area contributed by atoms with E-state index in [-0.39, 0.29) is 0 Å². The van der Waals surface area contributed by atoms with Crippen molar-refractivity contribution in [1.29, 1.82) is 5.26 Å². The average Bonchev–Trinajstić information content (AvgIpc) is 2.55. The summed E-state index contributed by atoms with van der Waals surface area (Å²) in [6, 6.07) is 17.4. The molecule has 0 saturated carbocycles. The van der Waals surface area contributed by atoms with Crippen molar-refractivity contribution < 1.29 is 0 Å². The van der Waals surface area contributed by atoms with E-state index < -0.39 is 0 Å². The molecule has 3 aromatic rings. The molecule has 0 atom stereocenters. The van der Waals surface area contributed by atoms with Crippen molar-refractivity contribution in [1.82, 2.24) is 4.98 Å². The van der Waals surface area contributed by atoms with Gasteiger partial charge in [-0.05, 0) is 42.0 Å². The van der Waals surface area contributed by atoms with E-state index in [1.165, 1.54) is 0 Å². The van der Waals surface area contributed by atoms with Gasteiger partial charge >= 0.3 is 0 Å². The van der Waals surface area contributed by atoms with Gasteiger partial charge in [0.15, 0.2) is 0 Å². The fourth-order valence-corrected chi connectivity index (χ4v) is 2.45. The number of halogens is 1. The third-order valence-electron chi connectivity index (χ3n) is 3.26. The second-order valence-electron chi connectivity index (χ2n) is 4.66. The van der Waals surface area contributed by atoms with Crippen LogP contribution in [0.3, 0.4) is 0 Å². The maximum absolute atomic E-state index is 8.93. The molecule has 0 spiro atoms. The summed E-state index contributed by atoms with van der Waals surface area (Å²) in [7, 11) is 0. The molecule has 4 heteroatoms. The lowest BCUT2D eigenvalue weighted by molar-refractivity contribution is 1.15. The Bertz CT molecular complexity index is 837. The summed E-state index contributed by atoms with van der Waals surface area (Å²) >= 11 is 6.16. The minimum absolute atomic E-state index is 0.640. The van der Waals surface area contributed by atoms with Crippen LogP contribution in [-0.4, -0.2) is 4.98 Å². The van der Waals surface area contributed by atoms with Gasteiger partial charge in [-0.15, -0.1) is 0 Å². The summed E-state index contributed by atoms with van der Waals surface area (Å²) in [4.78, 5) is 4.31. The molecular weight excluding hydrogens is 282 g/mol. The first-order valence-corrected chi connectivity index (χ1v) is 6.92. The molecule has 102 valence electrons. The second kappa shape index (κ2) is 5.82. The van der Waals surface area contributed by atoms with Gasteiger partial charge in [0.2, 0.25) is 0 Å². The second-order valence-corrected chi connectivity index (χ2v) is 5.07. The van der Waals surface area contributed by atoms with Crippen molar-refractivity contribution >= 4 is 28.2 Å². The van der Waals surface area contributed by atoms with Gasteiger partial charge in [0, 0.05) is 23.8 Å². The fraction of sp³-hybridized carbons (Fsp3) is 0.0588. The van der Waals surface area contributed by atoms with Crippen molar-refractivity contribution in [3.63, 3.8) is 0 Å². The first-order chi connectivity index (χ1) is 10.3. The number of hydrogen-bond donors (Lipinski definition) is 1. The van der Waals surface area contributed by atoms with Crippen LogP contribution in [0.5, 0.6) is 0 Å². The predicted molar refractivity (Wildman–Crippen MR) is 85.2 cm³/mol. The van der Waals surface area contributed by atoms with E-state index in [1.807, 2.05) is 42.5 Å². The summed E-state index contributed by atoms with van der Waals surface area (Å²) < 4.78 is 0. The molecule has 0 bridgehead atoms. The smallest absolute Gasteiger partial charge is 0.0991 e. The van der Waals surface area contributed by atoms with Crippen LogP contribution in [0.15, 0.2) is 54.7 Å². The van der Waals surface area contributed by atoms with Gasteiger partial charge in [0.05, 0.1) is 22.2 Å². The number of nitrogens with zero attached hydrogens (tertiary/aromatic N) is 2. The van der Waals surface area contributed by atoms with Gasteiger partial charge in [-0.3, -0.25) is 4.98 Å². The van der Waals surface area contributed by atoms with Crippen molar-refractivity contribution in [2.45, 2.75) is 6.54 Å². The molecule has 3 nitrogen and oxygen atoms in total. The number of pyridine rings is 1. The van der Waals surface area contributed by atoms with E-state index in [0.717, 1.165) is 22.2 Å². The molecule has 1 heterocycles. The summed E-state index contributed by atoms with van der Waals surface area (Å²) in [5.41, 5.74) is 3.48. The van der Waals surface area contributed by atoms with E-state index in [0.29, 0.717) is 17.1 Å². The quantitative estimate of drug-likeness (QED) is 0.780. The van der Waals surface area contributed by atoms with Crippen LogP contribution < -0.4 is 5.32 Å². The van der Waals surface area contributed by atoms with Gasteiger partial charge in [-0.2, -0.15) is 5.26 Å². The molecule has 0 aliphatic rings. The Morgan fingerprint density at radius 2 is 2.05 bits per heavy atom. The Balaban J connectivity index is 1.89. The molecule has 0 saturated heterocycles. The lowest BCUT2D eigenvalue weighted by atomic mass is 10.1. The van der Waals surface area contributed by atoms with Crippen molar-refractivity contribution in [3.05, 3.63) is 70.9 Å². The minimum Gasteiger partial charge on any atom is -0.380 e. The Morgan fingerprint density at radius 3 is 2.90 bits per heavy atom. The topological polar surface area (TPSA) is 48.7 Å². The predicted octanol–water partition coefficient (Wildman–Crippen LogP) is 4.37. The zero-order chi connectivity index (χ0) is 14.7. The lowest BCUT2D eigenvalue weighted by Gasteiger charge is -2.10. The van der Waals surface area contributed by atoms with Crippen LogP contribution in [0.2, 0.25) is 5.02 Å². The van der Waals surface area contributed by atoms with Crippen LogP contribution in [-0.2, 0) is 6.54 Å². The molecule has 0 unspecified atom stereocenters. The zero-order valence-electron chi connectivity index (χ0n) is 11.2. The summed E-state index contributed by atoms with van der Waals surface area (Å²) in [5, 5.41) is 13.9. The number of hydrogen-bond acceptors (Lipinski definition) is 3. The van der Waals surface area contributed by atoms with E-state index in [1.54, 1.807) is 12.3 Å². The largest absolute Gasteiger partial charge is 0.380 e. The maximum Gasteiger partial charge on any atom is 0.0991 e. The lowest BCUT2D eigenvalue weighted by Crippen LogP contribution is -2.00. The van der Waals surface area contributed by atoms with Gasteiger partial charge in [-0.25, -0.2) is 0 Å². The Morgan fingerprint density at radius 1 is 1.14 bits per heavy atom. The fourth-order valence-electron chi connectivity index (χ4n) is 2.24. The molecule has 0 aliphatic heterocycles. The number of benzene rings is 2. The third kappa shape index (κ3) is 2.81. The van der Waals surface area contributed by atoms with Gasteiger partial charge in [0.25, 0.3) is 0 Å². The zero-order valence-corrected chi connectivity index (χ0v) is 11.9. The SMILES string of the molecule is N#Cc1cccc(CNc2ccc(Cl)c3ncccc23)c1. The molecule has 0 fully saturated rings. The van der Waals surface area contributed by atoms with Gasteiger partial charge < -0.3 is 5.32 Å². The van der Waals surface area contributed by atoms with Crippen molar-refractivity contribution in [2.75, 3.05) is 5.32 Å². The number of fused-ring (bicyclic) bond motifs is 1. The van der Waals surface area contributed by atoms with E-state index in [2.05, 4.69) is 16.4 Å². The molecule has 0 aliphatic carbocycles. The Labute approximate surface area is 127 Å². The van der Waals surface area contributed by atoms with Crippen LogP contribution in [0, 0.1) is 11.3 Å². The third-order valence-corrected chi connectivity index (χ3v) is 3.56. The first-order valence-electron chi connectivity index (χ1n) is 6.54. The molecule has 0 radical (unpaired) electrons. The number of nitriles is 1. The molecule has 1 N–H and O–H groups in total. The van der Waals surface area contributed by atoms with Crippen molar-refractivity contribution in [3.8, 4) is 6.07 Å². The van der Waals surface area contributed by atoms with Crippen LogP contribution in [0.4, 0.5) is 5.69 Å². The monoisotopic (exact) mass is 293 g/mol. The Hall–Kier alpha value is -2.57. The minimum atomic E-state index is 0.640. The van der Waals surface area contributed by atoms with Crippen LogP contribution in [0.25, 0.3) is 10.9 Å². The van der Waals surface area contributed by atoms with Gasteiger partial charge in [0.1, 0.15) is 0 Å². The van der Waals surface area contributed by atoms with E-state index >= 15 is 0 Å². The molecule has 2 aromatic carbocycles. The van der Waals surface area contributed by atoms with E-state index in [4.69, 9.17) is 16.9 Å². The molecule has 21 heavy (non-hydrogen) atoms. The average molecular weight is 294 g/mol. The molecule has 0 amide bonds. The normalized spacial score (nSPS) is 10.3. The standard InChI is InChI=1S/C17H12ClN3/c18-15-6-7-16(14-5-2-8-20-17(14)15)21-11-13-4-1-3-12(9-13)10-19/h1-9,21H,11H2. The number of anilines is 1. The number of aromatic nitrogens is 1. The summed E-state index contributed by atoms with van der Waals surface area (Å²) in [6.45, 7) is 0.640. The highest BCUT2D eigenvalue weighted by Gasteiger charge is 2.05. The summed E-state index contributed by atoms with van der Waals surface area (Å²) in [6.07, 6.45) is 1.73. The first kappa shape index (κ1) is 13.4. The van der Waals surface area contributed by atoms with Crippen LogP contribution >= 0.6 is 11.6 Å². The highest BCUT2D eigenvalue weighted by atomic mass is 35.5. The number of nitrogens with one attached hydrogen (secondary N) is 1. The van der Waals surface area contributed by atoms with Crippen molar-refractivity contribution in [2.24, 2.45) is 0 Å². The van der Waals surface area contributed by atoms with Gasteiger partial charge in [-0.1, -0.05) is 23.7 Å².